The maximum absolute atomic E-state index is 12.8. The lowest BCUT2D eigenvalue weighted by atomic mass is 9.96. The van der Waals surface area contributed by atoms with Crippen LogP contribution in [0.2, 0.25) is 0 Å². The van der Waals surface area contributed by atoms with Crippen LogP contribution in [0.3, 0.4) is 0 Å². The molecule has 0 bridgehead atoms. The minimum Gasteiger partial charge on any atom is -0.462 e. The van der Waals surface area contributed by atoms with Crippen molar-refractivity contribution in [3.8, 4) is 5.69 Å². The van der Waals surface area contributed by atoms with Gasteiger partial charge in [-0.3, -0.25) is 0 Å². The summed E-state index contributed by atoms with van der Waals surface area (Å²) in [6, 6.07) is 10.0. The fourth-order valence-electron chi connectivity index (χ4n) is 3.94. The zero-order valence-corrected chi connectivity index (χ0v) is 19.9. The second-order valence-corrected chi connectivity index (χ2v) is 9.28. The van der Waals surface area contributed by atoms with E-state index < -0.39 is 0 Å². The molecule has 0 unspecified atom stereocenters. The first-order valence-electron chi connectivity index (χ1n) is 11.1. The van der Waals surface area contributed by atoms with Gasteiger partial charge in [0.2, 0.25) is 0 Å². The van der Waals surface area contributed by atoms with Crippen molar-refractivity contribution >= 4 is 39.6 Å². The second kappa shape index (κ2) is 10.7. The average Bonchev–Trinajstić information content (AvgIpc) is 3.41. The number of aromatic nitrogens is 2. The van der Waals surface area contributed by atoms with Crippen LogP contribution in [0.1, 0.15) is 59.0 Å². The van der Waals surface area contributed by atoms with Crippen LogP contribution in [0.5, 0.6) is 0 Å². The van der Waals surface area contributed by atoms with E-state index in [1.807, 2.05) is 48.1 Å². The zero-order valence-electron chi connectivity index (χ0n) is 18.2. The molecule has 1 aliphatic carbocycles. The van der Waals surface area contributed by atoms with Crippen LogP contribution in [0, 0.1) is 0 Å². The Morgan fingerprint density at radius 1 is 1.19 bits per heavy atom. The van der Waals surface area contributed by atoms with Gasteiger partial charge in [-0.1, -0.05) is 25.0 Å². The van der Waals surface area contributed by atoms with Crippen LogP contribution in [0.15, 0.2) is 42.7 Å². The lowest BCUT2D eigenvalue weighted by molar-refractivity contribution is 0.0526. The van der Waals surface area contributed by atoms with E-state index in [0.717, 1.165) is 47.5 Å². The number of rotatable bonds is 6. The monoisotopic (exact) mass is 468 g/mol. The van der Waals surface area contributed by atoms with Crippen LogP contribution >= 0.6 is 23.6 Å². The number of thiophene rings is 1. The molecule has 4 rings (SSSR count). The molecular weight excluding hydrogens is 440 g/mol. The fourth-order valence-corrected chi connectivity index (χ4v) is 5.47. The van der Waals surface area contributed by atoms with Crippen molar-refractivity contribution in [2.45, 2.75) is 52.0 Å². The Balaban J connectivity index is 1.44. The van der Waals surface area contributed by atoms with Gasteiger partial charge in [-0.05, 0) is 74.2 Å². The third-order valence-electron chi connectivity index (χ3n) is 5.54. The Bertz CT molecular complexity index is 1060. The predicted octanol–water partition coefficient (Wildman–Crippen LogP) is 5.26. The first-order valence-corrected chi connectivity index (χ1v) is 12.3. The van der Waals surface area contributed by atoms with Crippen molar-refractivity contribution in [3.63, 3.8) is 0 Å². The number of carbonyl (C=O) groups excluding carboxylic acids is 1. The number of aryl methyl sites for hydroxylation is 1. The Morgan fingerprint density at radius 3 is 2.69 bits per heavy atom. The molecule has 0 spiro atoms. The van der Waals surface area contributed by atoms with E-state index in [9.17, 15) is 4.79 Å². The van der Waals surface area contributed by atoms with Crippen LogP contribution in [0.4, 0.5) is 5.00 Å². The molecule has 168 valence electrons. The smallest absolute Gasteiger partial charge is 0.341 e. The van der Waals surface area contributed by atoms with Crippen molar-refractivity contribution in [1.82, 2.24) is 15.1 Å². The Morgan fingerprint density at radius 2 is 1.97 bits per heavy atom. The van der Waals surface area contributed by atoms with E-state index >= 15 is 0 Å². The predicted molar refractivity (Wildman–Crippen MR) is 133 cm³/mol. The number of anilines is 1. The van der Waals surface area contributed by atoms with Gasteiger partial charge in [-0.25, -0.2) is 9.48 Å². The van der Waals surface area contributed by atoms with E-state index in [-0.39, 0.29) is 5.97 Å². The van der Waals surface area contributed by atoms with Crippen molar-refractivity contribution in [1.29, 1.82) is 0 Å². The number of esters is 1. The van der Waals surface area contributed by atoms with Gasteiger partial charge in [0.1, 0.15) is 5.00 Å². The van der Waals surface area contributed by atoms with Crippen molar-refractivity contribution in [3.05, 3.63) is 64.3 Å². The SMILES string of the molecule is CCOC(=O)c1c(NC(=S)NCc2ccc(-n3cccn3)cc2)sc2c1CCCCCC2. The summed E-state index contributed by atoms with van der Waals surface area (Å²) in [5.41, 5.74) is 3.93. The molecule has 2 heterocycles. The van der Waals surface area contributed by atoms with Gasteiger partial charge in [0.05, 0.1) is 17.9 Å². The third kappa shape index (κ3) is 5.37. The maximum Gasteiger partial charge on any atom is 0.341 e. The van der Waals surface area contributed by atoms with E-state index in [4.69, 9.17) is 17.0 Å². The number of fused-ring (bicyclic) bond motifs is 1. The highest BCUT2D eigenvalue weighted by molar-refractivity contribution is 7.80. The van der Waals surface area contributed by atoms with E-state index in [0.29, 0.717) is 23.8 Å². The number of nitrogens with zero attached hydrogens (tertiary/aromatic N) is 2. The summed E-state index contributed by atoms with van der Waals surface area (Å²) in [4.78, 5) is 14.0. The Kier molecular flexibility index (Phi) is 7.55. The standard InChI is InChI=1S/C24H28N4O2S2/c1-2-30-23(29)21-19-8-5-3-4-6-9-20(19)32-22(21)27-24(31)25-16-17-10-12-18(13-11-17)28-15-7-14-26-28/h7,10-15H,2-6,8-9,16H2,1H3,(H2,25,27,31). The minimum absolute atomic E-state index is 0.259. The van der Waals surface area contributed by atoms with E-state index in [1.165, 1.54) is 17.7 Å². The van der Waals surface area contributed by atoms with Gasteiger partial charge >= 0.3 is 5.97 Å². The van der Waals surface area contributed by atoms with Crippen LogP contribution in [-0.4, -0.2) is 27.5 Å². The van der Waals surface area contributed by atoms with Crippen LogP contribution in [0.25, 0.3) is 5.69 Å². The van der Waals surface area contributed by atoms with Crippen molar-refractivity contribution in [2.24, 2.45) is 0 Å². The summed E-state index contributed by atoms with van der Waals surface area (Å²) in [6.07, 6.45) is 10.3. The van der Waals surface area contributed by atoms with E-state index in [1.54, 1.807) is 17.5 Å². The molecule has 0 saturated heterocycles. The number of benzene rings is 1. The second-order valence-electron chi connectivity index (χ2n) is 7.77. The summed E-state index contributed by atoms with van der Waals surface area (Å²) in [6.45, 7) is 2.79. The summed E-state index contributed by atoms with van der Waals surface area (Å²) in [5.74, 6) is -0.259. The molecule has 0 atom stereocenters. The molecule has 0 aliphatic heterocycles. The summed E-state index contributed by atoms with van der Waals surface area (Å²) >= 11 is 7.19. The normalized spacial score (nSPS) is 13.5. The minimum atomic E-state index is -0.259. The van der Waals surface area contributed by atoms with Crippen LogP contribution < -0.4 is 10.6 Å². The Labute approximate surface area is 198 Å². The van der Waals surface area contributed by atoms with Gasteiger partial charge in [0.25, 0.3) is 0 Å². The largest absolute Gasteiger partial charge is 0.462 e. The summed E-state index contributed by atoms with van der Waals surface area (Å²) in [7, 11) is 0. The molecule has 0 amide bonds. The molecule has 2 N–H and O–H groups in total. The Hall–Kier alpha value is -2.71. The molecule has 0 radical (unpaired) electrons. The zero-order chi connectivity index (χ0) is 22.3. The molecular formula is C24H28N4O2S2. The lowest BCUT2D eigenvalue weighted by Crippen LogP contribution is -2.28. The first-order chi connectivity index (χ1) is 15.7. The quantitative estimate of drug-likeness (QED) is 0.380. The number of thiocarbonyl (C=S) groups is 1. The van der Waals surface area contributed by atoms with Gasteiger partial charge in [-0.15, -0.1) is 11.3 Å². The highest BCUT2D eigenvalue weighted by atomic mass is 32.1. The third-order valence-corrected chi connectivity index (χ3v) is 6.99. The van der Waals surface area contributed by atoms with Gasteiger partial charge < -0.3 is 15.4 Å². The highest BCUT2D eigenvalue weighted by Gasteiger charge is 2.25. The summed E-state index contributed by atoms with van der Waals surface area (Å²) in [5, 5.41) is 12.1. The molecule has 0 saturated carbocycles. The molecule has 6 nitrogen and oxygen atoms in total. The highest BCUT2D eigenvalue weighted by Crippen LogP contribution is 2.37. The van der Waals surface area contributed by atoms with Gasteiger partial charge in [0.15, 0.2) is 5.11 Å². The fraction of sp³-hybridized carbons (Fsp3) is 0.375. The van der Waals surface area contributed by atoms with Crippen molar-refractivity contribution < 1.29 is 9.53 Å². The molecule has 0 fully saturated rings. The number of nitrogens with one attached hydrogen (secondary N) is 2. The molecule has 32 heavy (non-hydrogen) atoms. The van der Waals surface area contributed by atoms with Crippen LogP contribution in [-0.2, 0) is 24.1 Å². The van der Waals surface area contributed by atoms with Gasteiger partial charge in [-0.2, -0.15) is 5.10 Å². The number of hydrogen-bond donors (Lipinski definition) is 2. The van der Waals surface area contributed by atoms with Crippen molar-refractivity contribution in [2.75, 3.05) is 11.9 Å². The molecule has 1 aliphatic rings. The average molecular weight is 469 g/mol. The first kappa shape index (κ1) is 22.5. The molecule has 1 aromatic carbocycles. The number of carbonyl (C=O) groups is 1. The van der Waals surface area contributed by atoms with Gasteiger partial charge in [0, 0.05) is 23.8 Å². The topological polar surface area (TPSA) is 68.2 Å². The molecule has 3 aromatic rings. The molecule has 2 aromatic heterocycles. The summed E-state index contributed by atoms with van der Waals surface area (Å²) < 4.78 is 7.20. The number of hydrogen-bond acceptors (Lipinski definition) is 5. The lowest BCUT2D eigenvalue weighted by Gasteiger charge is -2.13. The maximum atomic E-state index is 12.8. The molecule has 8 heteroatoms. The van der Waals surface area contributed by atoms with E-state index in [2.05, 4.69) is 15.7 Å². The number of ether oxygens (including phenoxy) is 1.